The van der Waals surface area contributed by atoms with E-state index in [9.17, 15) is 0 Å². The summed E-state index contributed by atoms with van der Waals surface area (Å²) in [5, 5.41) is 4.22. The van der Waals surface area contributed by atoms with Gasteiger partial charge in [0, 0.05) is 35.0 Å². The number of thioether (sulfide) groups is 1. The summed E-state index contributed by atoms with van der Waals surface area (Å²) in [5.74, 6) is 1.67. The number of likely N-dealkylation sites (N-methyl/N-ethyl adjacent to an activating group) is 1. The molecule has 2 nitrogen and oxygen atoms in total. The number of benzene rings is 1. The molecule has 0 radical (unpaired) electrons. The number of pyridine rings is 1. The van der Waals surface area contributed by atoms with Crippen LogP contribution in [-0.4, -0.2) is 23.8 Å². The van der Waals surface area contributed by atoms with Crippen LogP contribution in [0.1, 0.15) is 17.0 Å². The second kappa shape index (κ2) is 6.17. The van der Waals surface area contributed by atoms with E-state index < -0.39 is 0 Å². The van der Waals surface area contributed by atoms with Crippen molar-refractivity contribution in [1.29, 1.82) is 0 Å². The van der Waals surface area contributed by atoms with E-state index in [0.717, 1.165) is 22.8 Å². The monoisotopic (exact) mass is 304 g/mol. The van der Waals surface area contributed by atoms with Crippen LogP contribution >= 0.6 is 23.4 Å². The van der Waals surface area contributed by atoms with Crippen molar-refractivity contribution < 1.29 is 0 Å². The number of hydrogen-bond donors (Lipinski definition) is 1. The zero-order chi connectivity index (χ0) is 13.9. The topological polar surface area (TPSA) is 24.9 Å². The molecule has 2 heterocycles. The SMILES string of the molecule is CNC(Cc1ccncc1Cl)C1CSc2ccccc21. The van der Waals surface area contributed by atoms with E-state index in [1.165, 1.54) is 10.5 Å². The summed E-state index contributed by atoms with van der Waals surface area (Å²) in [6, 6.07) is 11.1. The van der Waals surface area contributed by atoms with Crippen molar-refractivity contribution in [3.8, 4) is 0 Å². The molecule has 0 saturated carbocycles. The Kier molecular flexibility index (Phi) is 4.29. The van der Waals surface area contributed by atoms with E-state index in [0.29, 0.717) is 12.0 Å². The van der Waals surface area contributed by atoms with E-state index in [2.05, 4.69) is 34.6 Å². The molecule has 2 unspecified atom stereocenters. The molecule has 0 spiro atoms. The van der Waals surface area contributed by atoms with Gasteiger partial charge in [0.1, 0.15) is 0 Å². The highest BCUT2D eigenvalue weighted by Gasteiger charge is 2.29. The van der Waals surface area contributed by atoms with Gasteiger partial charge in [0.2, 0.25) is 0 Å². The van der Waals surface area contributed by atoms with Crippen molar-refractivity contribution in [2.45, 2.75) is 23.3 Å². The van der Waals surface area contributed by atoms with Crippen molar-refractivity contribution in [1.82, 2.24) is 10.3 Å². The molecule has 2 atom stereocenters. The van der Waals surface area contributed by atoms with Gasteiger partial charge in [0.25, 0.3) is 0 Å². The van der Waals surface area contributed by atoms with Gasteiger partial charge in [-0.1, -0.05) is 29.8 Å². The Labute approximate surface area is 129 Å². The number of nitrogens with zero attached hydrogens (tertiary/aromatic N) is 1. The van der Waals surface area contributed by atoms with E-state index in [1.807, 2.05) is 31.1 Å². The molecule has 0 amide bonds. The molecule has 1 aliphatic rings. The van der Waals surface area contributed by atoms with Crippen LogP contribution in [-0.2, 0) is 6.42 Å². The third-order valence-corrected chi connectivity index (χ3v) is 5.44. The Bertz CT molecular complexity index is 603. The maximum absolute atomic E-state index is 6.24. The first-order valence-electron chi connectivity index (χ1n) is 6.77. The molecule has 2 aromatic rings. The van der Waals surface area contributed by atoms with Crippen LogP contribution in [0.15, 0.2) is 47.6 Å². The van der Waals surface area contributed by atoms with E-state index >= 15 is 0 Å². The summed E-state index contributed by atoms with van der Waals surface area (Å²) >= 11 is 8.19. The first-order valence-corrected chi connectivity index (χ1v) is 8.13. The van der Waals surface area contributed by atoms with Crippen LogP contribution in [0.2, 0.25) is 5.02 Å². The van der Waals surface area contributed by atoms with Gasteiger partial charge in [-0.25, -0.2) is 0 Å². The lowest BCUT2D eigenvalue weighted by Gasteiger charge is -2.24. The molecule has 104 valence electrons. The highest BCUT2D eigenvalue weighted by Crippen LogP contribution is 2.41. The molecule has 0 bridgehead atoms. The molecule has 20 heavy (non-hydrogen) atoms. The second-order valence-electron chi connectivity index (χ2n) is 5.02. The van der Waals surface area contributed by atoms with Crippen LogP contribution in [0.5, 0.6) is 0 Å². The summed E-state index contributed by atoms with van der Waals surface area (Å²) in [5.41, 5.74) is 2.62. The molecule has 1 aromatic heterocycles. The van der Waals surface area contributed by atoms with Gasteiger partial charge in [-0.15, -0.1) is 11.8 Å². The maximum atomic E-state index is 6.24. The number of nitrogens with one attached hydrogen (secondary N) is 1. The van der Waals surface area contributed by atoms with Crippen LogP contribution in [0.4, 0.5) is 0 Å². The summed E-state index contributed by atoms with van der Waals surface area (Å²) in [6.07, 6.45) is 4.46. The van der Waals surface area contributed by atoms with E-state index in [-0.39, 0.29) is 0 Å². The van der Waals surface area contributed by atoms with Gasteiger partial charge in [-0.3, -0.25) is 4.98 Å². The van der Waals surface area contributed by atoms with E-state index in [1.54, 1.807) is 6.20 Å². The fourth-order valence-corrected chi connectivity index (χ4v) is 4.30. The minimum Gasteiger partial charge on any atom is -0.316 e. The minimum atomic E-state index is 0.394. The van der Waals surface area contributed by atoms with E-state index in [4.69, 9.17) is 11.6 Å². The van der Waals surface area contributed by atoms with Crippen molar-refractivity contribution in [2.75, 3.05) is 12.8 Å². The average Bonchev–Trinajstić information content (AvgIpc) is 2.90. The highest BCUT2D eigenvalue weighted by atomic mass is 35.5. The van der Waals surface area contributed by atoms with Crippen molar-refractivity contribution >= 4 is 23.4 Å². The zero-order valence-electron chi connectivity index (χ0n) is 11.3. The zero-order valence-corrected chi connectivity index (χ0v) is 12.9. The summed E-state index contributed by atoms with van der Waals surface area (Å²) in [4.78, 5) is 5.47. The van der Waals surface area contributed by atoms with Crippen LogP contribution in [0, 0.1) is 0 Å². The molecule has 0 saturated heterocycles. The lowest BCUT2D eigenvalue weighted by Crippen LogP contribution is -2.34. The summed E-state index contributed by atoms with van der Waals surface area (Å²) in [7, 11) is 2.03. The Hall–Kier alpha value is -1.03. The fraction of sp³-hybridized carbons (Fsp3) is 0.312. The second-order valence-corrected chi connectivity index (χ2v) is 6.49. The van der Waals surface area contributed by atoms with Gasteiger partial charge in [-0.05, 0) is 36.7 Å². The van der Waals surface area contributed by atoms with Gasteiger partial charge in [0.15, 0.2) is 0 Å². The van der Waals surface area contributed by atoms with Crippen molar-refractivity contribution in [3.05, 3.63) is 58.9 Å². The Balaban J connectivity index is 1.83. The number of aromatic nitrogens is 1. The van der Waals surface area contributed by atoms with Gasteiger partial charge < -0.3 is 5.32 Å². The smallest absolute Gasteiger partial charge is 0.0621 e. The van der Waals surface area contributed by atoms with Crippen molar-refractivity contribution in [3.63, 3.8) is 0 Å². The standard InChI is InChI=1S/C16H17ClN2S/c1-18-15(8-11-6-7-19-9-14(11)17)13-10-20-16-5-3-2-4-12(13)16/h2-7,9,13,15,18H,8,10H2,1H3. The third-order valence-electron chi connectivity index (χ3n) is 3.89. The Morgan fingerprint density at radius 3 is 3.05 bits per heavy atom. The first kappa shape index (κ1) is 13.9. The number of fused-ring (bicyclic) bond motifs is 1. The fourth-order valence-electron chi connectivity index (χ4n) is 2.77. The minimum absolute atomic E-state index is 0.394. The number of hydrogen-bond acceptors (Lipinski definition) is 3. The third kappa shape index (κ3) is 2.71. The molecule has 1 N–H and O–H groups in total. The molecule has 1 aliphatic heterocycles. The van der Waals surface area contributed by atoms with Crippen LogP contribution < -0.4 is 5.32 Å². The Morgan fingerprint density at radius 2 is 2.25 bits per heavy atom. The molecule has 0 fully saturated rings. The lowest BCUT2D eigenvalue weighted by atomic mass is 9.89. The summed E-state index contributed by atoms with van der Waals surface area (Å²) in [6.45, 7) is 0. The predicted octanol–water partition coefficient (Wildman–Crippen LogP) is 3.76. The molecule has 3 rings (SSSR count). The molecular formula is C16H17ClN2S. The lowest BCUT2D eigenvalue weighted by molar-refractivity contribution is 0.489. The van der Waals surface area contributed by atoms with Gasteiger partial charge >= 0.3 is 0 Å². The maximum Gasteiger partial charge on any atom is 0.0621 e. The first-order chi connectivity index (χ1) is 9.79. The number of rotatable bonds is 4. The molecule has 0 aliphatic carbocycles. The average molecular weight is 305 g/mol. The van der Waals surface area contributed by atoms with Crippen LogP contribution in [0.25, 0.3) is 0 Å². The molecular weight excluding hydrogens is 288 g/mol. The number of halogens is 1. The van der Waals surface area contributed by atoms with Crippen LogP contribution in [0.3, 0.4) is 0 Å². The summed E-state index contributed by atoms with van der Waals surface area (Å²) < 4.78 is 0. The normalized spacial score (nSPS) is 18.8. The molecule has 4 heteroatoms. The predicted molar refractivity (Wildman–Crippen MR) is 85.7 cm³/mol. The van der Waals surface area contributed by atoms with Crippen molar-refractivity contribution in [2.24, 2.45) is 0 Å². The Morgan fingerprint density at radius 1 is 1.40 bits per heavy atom. The largest absolute Gasteiger partial charge is 0.316 e. The molecule has 1 aromatic carbocycles. The quantitative estimate of drug-likeness (QED) is 0.931. The highest BCUT2D eigenvalue weighted by molar-refractivity contribution is 7.99. The van der Waals surface area contributed by atoms with Gasteiger partial charge in [-0.2, -0.15) is 0 Å². The van der Waals surface area contributed by atoms with Gasteiger partial charge in [0.05, 0.1) is 5.02 Å².